The van der Waals surface area contributed by atoms with Crippen molar-refractivity contribution in [3.8, 4) is 11.5 Å². The number of carbonyl (C=O) groups excluding carboxylic acids is 1. The van der Waals surface area contributed by atoms with Gasteiger partial charge in [0.15, 0.2) is 10.9 Å². The lowest BCUT2D eigenvalue weighted by atomic mass is 10.00. The van der Waals surface area contributed by atoms with Crippen molar-refractivity contribution in [3.05, 3.63) is 35.9 Å². The van der Waals surface area contributed by atoms with Crippen LogP contribution >= 0.6 is 11.3 Å². The SMILES string of the molecule is Cn1ccnc1[C@@H]1OCC[C@H]1C(=O)Nc1nc(-c2ccno2)cs1. The van der Waals surface area contributed by atoms with Crippen molar-refractivity contribution in [3.63, 3.8) is 0 Å². The van der Waals surface area contributed by atoms with E-state index in [4.69, 9.17) is 9.26 Å². The molecule has 0 spiro atoms. The maximum absolute atomic E-state index is 12.6. The van der Waals surface area contributed by atoms with E-state index < -0.39 is 0 Å². The van der Waals surface area contributed by atoms with E-state index >= 15 is 0 Å². The summed E-state index contributed by atoms with van der Waals surface area (Å²) < 4.78 is 12.7. The molecule has 0 radical (unpaired) electrons. The number of rotatable bonds is 4. The molecule has 24 heavy (non-hydrogen) atoms. The average molecular weight is 345 g/mol. The lowest BCUT2D eigenvalue weighted by Crippen LogP contribution is -2.26. The Labute approximate surface area is 141 Å². The van der Waals surface area contributed by atoms with Crippen LogP contribution in [-0.2, 0) is 16.6 Å². The van der Waals surface area contributed by atoms with Crippen molar-refractivity contribution >= 4 is 22.4 Å². The predicted octanol–water partition coefficient (Wildman–Crippen LogP) is 2.25. The number of amides is 1. The molecule has 0 aliphatic carbocycles. The van der Waals surface area contributed by atoms with Crippen molar-refractivity contribution in [1.29, 1.82) is 0 Å². The van der Waals surface area contributed by atoms with Gasteiger partial charge in [-0.2, -0.15) is 0 Å². The molecule has 4 heterocycles. The van der Waals surface area contributed by atoms with Crippen LogP contribution in [0.5, 0.6) is 0 Å². The van der Waals surface area contributed by atoms with E-state index in [1.807, 2.05) is 23.2 Å². The maximum Gasteiger partial charge on any atom is 0.232 e. The summed E-state index contributed by atoms with van der Waals surface area (Å²) in [6, 6.07) is 1.72. The lowest BCUT2D eigenvalue weighted by molar-refractivity contribution is -0.121. The van der Waals surface area contributed by atoms with Gasteiger partial charge in [0.05, 0.1) is 12.1 Å². The van der Waals surface area contributed by atoms with Gasteiger partial charge in [-0.25, -0.2) is 9.97 Å². The largest absolute Gasteiger partial charge is 0.369 e. The fraction of sp³-hybridized carbons (Fsp3) is 0.333. The highest BCUT2D eigenvalue weighted by atomic mass is 32.1. The first-order valence-corrected chi connectivity index (χ1v) is 8.36. The quantitative estimate of drug-likeness (QED) is 0.779. The fourth-order valence-corrected chi connectivity index (χ4v) is 3.46. The zero-order valence-corrected chi connectivity index (χ0v) is 13.7. The van der Waals surface area contributed by atoms with Crippen molar-refractivity contribution in [2.75, 3.05) is 11.9 Å². The first-order valence-electron chi connectivity index (χ1n) is 7.48. The summed E-state index contributed by atoms with van der Waals surface area (Å²) in [6.45, 7) is 0.538. The third-order valence-corrected chi connectivity index (χ3v) is 4.72. The Bertz CT molecular complexity index is 841. The predicted molar refractivity (Wildman–Crippen MR) is 86.2 cm³/mol. The molecule has 1 aliphatic heterocycles. The number of nitrogens with zero attached hydrogens (tertiary/aromatic N) is 4. The standard InChI is InChI=1S/C15H15N5O3S/c1-20-6-5-16-13(20)12-9(3-7-22-12)14(21)19-15-18-10(8-24-15)11-2-4-17-23-11/h2,4-6,8-9,12H,3,7H2,1H3,(H,18,19,21)/t9-,12-/m1/s1. The Hall–Kier alpha value is -2.52. The Balaban J connectivity index is 1.49. The molecule has 3 aromatic heterocycles. The van der Waals surface area contributed by atoms with Crippen LogP contribution in [0.15, 0.2) is 34.6 Å². The highest BCUT2D eigenvalue weighted by Gasteiger charge is 2.37. The van der Waals surface area contributed by atoms with Crippen LogP contribution in [-0.4, -0.2) is 32.2 Å². The summed E-state index contributed by atoms with van der Waals surface area (Å²) in [5.41, 5.74) is 0.649. The Morgan fingerprint density at radius 3 is 3.12 bits per heavy atom. The number of hydrogen-bond donors (Lipinski definition) is 1. The van der Waals surface area contributed by atoms with E-state index in [1.165, 1.54) is 11.3 Å². The van der Waals surface area contributed by atoms with Crippen LogP contribution < -0.4 is 5.32 Å². The molecule has 1 aliphatic rings. The molecule has 1 saturated heterocycles. The van der Waals surface area contributed by atoms with E-state index in [0.29, 0.717) is 29.6 Å². The Morgan fingerprint density at radius 2 is 2.38 bits per heavy atom. The number of ether oxygens (including phenoxy) is 1. The molecule has 0 bridgehead atoms. The summed E-state index contributed by atoms with van der Waals surface area (Å²) >= 11 is 1.34. The number of nitrogens with one attached hydrogen (secondary N) is 1. The van der Waals surface area contributed by atoms with Crippen LogP contribution in [0.1, 0.15) is 18.3 Å². The number of anilines is 1. The molecule has 4 rings (SSSR count). The van der Waals surface area contributed by atoms with Gasteiger partial charge in [0.1, 0.15) is 17.6 Å². The van der Waals surface area contributed by atoms with Crippen LogP contribution in [0.2, 0.25) is 0 Å². The molecule has 1 fully saturated rings. The van der Waals surface area contributed by atoms with Gasteiger partial charge < -0.3 is 19.1 Å². The van der Waals surface area contributed by atoms with Crippen molar-refractivity contribution in [2.24, 2.45) is 13.0 Å². The Kier molecular flexibility index (Phi) is 3.87. The zero-order chi connectivity index (χ0) is 16.5. The fourth-order valence-electron chi connectivity index (χ4n) is 2.75. The molecule has 8 nitrogen and oxygen atoms in total. The van der Waals surface area contributed by atoms with E-state index in [1.54, 1.807) is 18.5 Å². The lowest BCUT2D eigenvalue weighted by Gasteiger charge is -2.17. The second kappa shape index (κ2) is 6.17. The number of imidazole rings is 1. The van der Waals surface area contributed by atoms with Gasteiger partial charge in [0, 0.05) is 37.5 Å². The van der Waals surface area contributed by atoms with Gasteiger partial charge in [0.2, 0.25) is 5.91 Å². The third-order valence-electron chi connectivity index (χ3n) is 3.97. The molecule has 0 saturated carbocycles. The molecule has 9 heteroatoms. The van der Waals surface area contributed by atoms with Crippen LogP contribution in [0, 0.1) is 5.92 Å². The average Bonchev–Trinajstić information content (AvgIpc) is 3.34. The first kappa shape index (κ1) is 15.0. The van der Waals surface area contributed by atoms with Crippen molar-refractivity contribution in [1.82, 2.24) is 19.7 Å². The topological polar surface area (TPSA) is 95.1 Å². The monoisotopic (exact) mass is 345 g/mol. The van der Waals surface area contributed by atoms with Gasteiger partial charge in [-0.3, -0.25) is 4.79 Å². The summed E-state index contributed by atoms with van der Waals surface area (Å²) in [7, 11) is 1.89. The number of aryl methyl sites for hydroxylation is 1. The molecule has 1 N–H and O–H groups in total. The maximum atomic E-state index is 12.6. The number of thiazole rings is 1. The summed E-state index contributed by atoms with van der Waals surface area (Å²) in [6.07, 6.45) is 5.43. The molecular weight excluding hydrogens is 330 g/mol. The number of carbonyl (C=O) groups is 1. The highest BCUT2D eigenvalue weighted by molar-refractivity contribution is 7.14. The van der Waals surface area contributed by atoms with E-state index in [9.17, 15) is 4.79 Å². The van der Waals surface area contributed by atoms with E-state index in [2.05, 4.69) is 20.4 Å². The normalized spacial score (nSPS) is 20.4. The van der Waals surface area contributed by atoms with Gasteiger partial charge in [-0.05, 0) is 6.42 Å². The minimum Gasteiger partial charge on any atom is -0.369 e. The van der Waals surface area contributed by atoms with Gasteiger partial charge in [-0.15, -0.1) is 11.3 Å². The minimum atomic E-state index is -0.335. The Morgan fingerprint density at radius 1 is 1.46 bits per heavy atom. The third kappa shape index (κ3) is 2.72. The van der Waals surface area contributed by atoms with Gasteiger partial charge in [-0.1, -0.05) is 5.16 Å². The molecule has 2 atom stereocenters. The second-order valence-electron chi connectivity index (χ2n) is 5.49. The molecule has 124 valence electrons. The number of aromatic nitrogens is 4. The van der Waals surface area contributed by atoms with Crippen molar-refractivity contribution < 1.29 is 14.1 Å². The van der Waals surface area contributed by atoms with Crippen LogP contribution in [0.25, 0.3) is 11.5 Å². The van der Waals surface area contributed by atoms with Crippen LogP contribution in [0.3, 0.4) is 0 Å². The van der Waals surface area contributed by atoms with Gasteiger partial charge >= 0.3 is 0 Å². The highest BCUT2D eigenvalue weighted by Crippen LogP contribution is 2.35. The number of hydrogen-bond acceptors (Lipinski definition) is 7. The summed E-state index contributed by atoms with van der Waals surface area (Å²) in [5.74, 6) is 0.929. The molecule has 0 aromatic carbocycles. The van der Waals surface area contributed by atoms with E-state index in [-0.39, 0.29) is 17.9 Å². The van der Waals surface area contributed by atoms with Gasteiger partial charge in [0.25, 0.3) is 0 Å². The molecule has 0 unspecified atom stereocenters. The summed E-state index contributed by atoms with van der Waals surface area (Å²) in [4.78, 5) is 21.3. The minimum absolute atomic E-state index is 0.112. The second-order valence-corrected chi connectivity index (χ2v) is 6.34. The first-order chi connectivity index (χ1) is 11.7. The van der Waals surface area contributed by atoms with Crippen molar-refractivity contribution in [2.45, 2.75) is 12.5 Å². The zero-order valence-electron chi connectivity index (χ0n) is 12.9. The molecular formula is C15H15N5O3S. The molecule has 1 amide bonds. The summed E-state index contributed by atoms with van der Waals surface area (Å²) in [5, 5.41) is 8.86. The smallest absolute Gasteiger partial charge is 0.232 e. The van der Waals surface area contributed by atoms with Crippen LogP contribution in [0.4, 0.5) is 5.13 Å². The molecule has 3 aromatic rings. The van der Waals surface area contributed by atoms with E-state index in [0.717, 1.165) is 5.82 Å².